The Morgan fingerprint density at radius 1 is 0.839 bits per heavy atom. The molecule has 1 aliphatic carbocycles. The maximum atomic E-state index is 14.3. The number of rotatable bonds is 7. The number of benzene rings is 3. The lowest BCUT2D eigenvalue weighted by molar-refractivity contribution is 0.297. The fourth-order valence-corrected chi connectivity index (χ4v) is 5.30. The van der Waals surface area contributed by atoms with E-state index in [0.29, 0.717) is 11.8 Å². The zero-order valence-electron chi connectivity index (χ0n) is 19.0. The standard InChI is InChI=1S/C30H35F/c1-3-7-28-18-19-29(21-30(28)31)27-16-14-26(15-17-27)25-12-10-23(11-13-25)20-22(2)24-8-5-4-6-9-24/h4-6,8-9,14-19,21-23,25H,3,7,10-13,20H2,1-2H3. The van der Waals surface area contributed by atoms with E-state index in [1.54, 1.807) is 6.07 Å². The summed E-state index contributed by atoms with van der Waals surface area (Å²) in [7, 11) is 0. The van der Waals surface area contributed by atoms with E-state index in [1.165, 1.54) is 43.2 Å². The van der Waals surface area contributed by atoms with Gasteiger partial charge in [-0.25, -0.2) is 4.39 Å². The van der Waals surface area contributed by atoms with Crippen LogP contribution in [0.4, 0.5) is 4.39 Å². The van der Waals surface area contributed by atoms with Crippen molar-refractivity contribution in [1.29, 1.82) is 0 Å². The summed E-state index contributed by atoms with van der Waals surface area (Å²) in [4.78, 5) is 0. The highest BCUT2D eigenvalue weighted by Crippen LogP contribution is 2.40. The Morgan fingerprint density at radius 2 is 1.52 bits per heavy atom. The molecule has 0 N–H and O–H groups in total. The molecule has 0 saturated heterocycles. The molecule has 1 aliphatic rings. The molecule has 1 heteroatoms. The fourth-order valence-electron chi connectivity index (χ4n) is 5.30. The Bertz CT molecular complexity index is 949. The van der Waals surface area contributed by atoms with E-state index in [1.807, 2.05) is 6.07 Å². The van der Waals surface area contributed by atoms with Gasteiger partial charge in [-0.15, -0.1) is 0 Å². The molecular weight excluding hydrogens is 379 g/mol. The molecule has 0 radical (unpaired) electrons. The minimum Gasteiger partial charge on any atom is -0.207 e. The second-order valence-electron chi connectivity index (χ2n) is 9.44. The van der Waals surface area contributed by atoms with Crippen LogP contribution in [0.3, 0.4) is 0 Å². The minimum absolute atomic E-state index is 0.0773. The van der Waals surface area contributed by atoms with E-state index in [4.69, 9.17) is 0 Å². The summed E-state index contributed by atoms with van der Waals surface area (Å²) in [6.45, 7) is 4.46. The van der Waals surface area contributed by atoms with Crippen LogP contribution >= 0.6 is 0 Å². The predicted molar refractivity (Wildman–Crippen MR) is 130 cm³/mol. The minimum atomic E-state index is -0.0773. The van der Waals surface area contributed by atoms with Crippen LogP contribution in [0.5, 0.6) is 0 Å². The maximum absolute atomic E-state index is 14.3. The van der Waals surface area contributed by atoms with Gasteiger partial charge in [0, 0.05) is 0 Å². The monoisotopic (exact) mass is 414 g/mol. The molecule has 1 atom stereocenters. The lowest BCUT2D eigenvalue weighted by Crippen LogP contribution is -2.15. The van der Waals surface area contributed by atoms with Crippen LogP contribution in [0.15, 0.2) is 72.8 Å². The maximum Gasteiger partial charge on any atom is 0.127 e. The number of hydrogen-bond acceptors (Lipinski definition) is 0. The Morgan fingerprint density at radius 3 is 2.16 bits per heavy atom. The second kappa shape index (κ2) is 10.3. The van der Waals surface area contributed by atoms with Crippen LogP contribution in [0.2, 0.25) is 0 Å². The van der Waals surface area contributed by atoms with E-state index in [0.717, 1.165) is 35.4 Å². The molecule has 162 valence electrons. The highest BCUT2D eigenvalue weighted by Gasteiger charge is 2.24. The molecule has 1 saturated carbocycles. The molecule has 31 heavy (non-hydrogen) atoms. The molecule has 0 aliphatic heterocycles. The fraction of sp³-hybridized carbons (Fsp3) is 0.400. The zero-order valence-corrected chi connectivity index (χ0v) is 19.0. The Labute approximate surface area is 187 Å². The molecular formula is C30H35F. The van der Waals surface area contributed by atoms with Gasteiger partial charge in [0.15, 0.2) is 0 Å². The molecule has 0 amide bonds. The van der Waals surface area contributed by atoms with E-state index >= 15 is 0 Å². The summed E-state index contributed by atoms with van der Waals surface area (Å²) in [5, 5.41) is 0. The highest BCUT2D eigenvalue weighted by atomic mass is 19.1. The Kier molecular flexibility index (Phi) is 7.22. The van der Waals surface area contributed by atoms with Crippen molar-refractivity contribution in [2.45, 2.75) is 70.6 Å². The molecule has 0 aromatic heterocycles. The van der Waals surface area contributed by atoms with Crippen molar-refractivity contribution in [1.82, 2.24) is 0 Å². The molecule has 3 aromatic rings. The molecule has 3 aromatic carbocycles. The summed E-state index contributed by atoms with van der Waals surface area (Å²) < 4.78 is 14.3. The SMILES string of the molecule is CCCc1ccc(-c2ccc(C3CCC(CC(C)c4ccccc4)CC3)cc2)cc1F. The molecule has 1 unspecified atom stereocenters. The second-order valence-corrected chi connectivity index (χ2v) is 9.44. The van der Waals surface area contributed by atoms with Gasteiger partial charge >= 0.3 is 0 Å². The van der Waals surface area contributed by atoms with Crippen LogP contribution in [-0.2, 0) is 6.42 Å². The van der Waals surface area contributed by atoms with Gasteiger partial charge in [0.2, 0.25) is 0 Å². The van der Waals surface area contributed by atoms with Crippen molar-refractivity contribution in [2.24, 2.45) is 5.92 Å². The smallest absolute Gasteiger partial charge is 0.127 e. The highest BCUT2D eigenvalue weighted by molar-refractivity contribution is 5.64. The van der Waals surface area contributed by atoms with Crippen molar-refractivity contribution in [3.8, 4) is 11.1 Å². The first kappa shape index (κ1) is 21.8. The lowest BCUT2D eigenvalue weighted by Gasteiger charge is -2.30. The molecule has 0 nitrogen and oxygen atoms in total. The van der Waals surface area contributed by atoms with E-state index < -0.39 is 0 Å². The summed E-state index contributed by atoms with van der Waals surface area (Å²) in [5.74, 6) is 2.08. The zero-order chi connectivity index (χ0) is 21.6. The number of hydrogen-bond donors (Lipinski definition) is 0. The van der Waals surface area contributed by atoms with Gasteiger partial charge < -0.3 is 0 Å². The van der Waals surface area contributed by atoms with E-state index in [-0.39, 0.29) is 5.82 Å². The summed E-state index contributed by atoms with van der Waals surface area (Å²) in [6, 6.07) is 25.5. The number of aryl methyl sites for hydroxylation is 1. The van der Waals surface area contributed by atoms with Crippen LogP contribution in [0.25, 0.3) is 11.1 Å². The van der Waals surface area contributed by atoms with Gasteiger partial charge in [0.05, 0.1) is 0 Å². The summed E-state index contributed by atoms with van der Waals surface area (Å²) >= 11 is 0. The molecule has 0 heterocycles. The van der Waals surface area contributed by atoms with Crippen molar-refractivity contribution in [3.05, 3.63) is 95.3 Å². The van der Waals surface area contributed by atoms with Crippen LogP contribution in [-0.4, -0.2) is 0 Å². The lowest BCUT2D eigenvalue weighted by atomic mass is 9.75. The average Bonchev–Trinajstić information content (AvgIpc) is 2.82. The van der Waals surface area contributed by atoms with Gasteiger partial charge in [0.25, 0.3) is 0 Å². The molecule has 4 rings (SSSR count). The molecule has 1 fully saturated rings. The normalized spacial score (nSPS) is 19.8. The van der Waals surface area contributed by atoms with Crippen molar-refractivity contribution >= 4 is 0 Å². The van der Waals surface area contributed by atoms with Gasteiger partial charge in [-0.05, 0) is 90.2 Å². The predicted octanol–water partition coefficient (Wildman–Crippen LogP) is 8.91. The number of halogens is 1. The van der Waals surface area contributed by atoms with Crippen LogP contribution in [0, 0.1) is 11.7 Å². The largest absolute Gasteiger partial charge is 0.207 e. The molecule has 0 spiro atoms. The van der Waals surface area contributed by atoms with Crippen LogP contribution < -0.4 is 0 Å². The molecule has 0 bridgehead atoms. The quantitative estimate of drug-likeness (QED) is 0.362. The third-order valence-corrected chi connectivity index (χ3v) is 7.19. The van der Waals surface area contributed by atoms with Gasteiger partial charge in [-0.3, -0.25) is 0 Å². The third-order valence-electron chi connectivity index (χ3n) is 7.19. The van der Waals surface area contributed by atoms with Crippen molar-refractivity contribution < 1.29 is 4.39 Å². The first-order chi connectivity index (χ1) is 15.1. The Hall–Kier alpha value is -2.41. The van der Waals surface area contributed by atoms with Gasteiger partial charge in [-0.2, -0.15) is 0 Å². The van der Waals surface area contributed by atoms with Crippen molar-refractivity contribution in [3.63, 3.8) is 0 Å². The average molecular weight is 415 g/mol. The van der Waals surface area contributed by atoms with Crippen LogP contribution in [0.1, 0.15) is 80.9 Å². The third kappa shape index (κ3) is 5.45. The van der Waals surface area contributed by atoms with Gasteiger partial charge in [0.1, 0.15) is 5.82 Å². The summed E-state index contributed by atoms with van der Waals surface area (Å²) in [5.41, 5.74) is 5.82. The first-order valence-corrected chi connectivity index (χ1v) is 12.1. The van der Waals surface area contributed by atoms with E-state index in [9.17, 15) is 4.39 Å². The van der Waals surface area contributed by atoms with Gasteiger partial charge in [-0.1, -0.05) is 87.0 Å². The topological polar surface area (TPSA) is 0 Å². The first-order valence-electron chi connectivity index (χ1n) is 12.1. The summed E-state index contributed by atoms with van der Waals surface area (Å²) in [6.07, 6.45) is 8.30. The van der Waals surface area contributed by atoms with Crippen molar-refractivity contribution in [2.75, 3.05) is 0 Å². The Balaban J connectivity index is 1.34. The van der Waals surface area contributed by atoms with E-state index in [2.05, 4.69) is 74.5 Å².